The maximum atomic E-state index is 12.7. The molecule has 8 heteroatoms. The van der Waals surface area contributed by atoms with E-state index in [1.165, 1.54) is 6.92 Å². The van der Waals surface area contributed by atoms with Crippen molar-refractivity contribution in [3.05, 3.63) is 0 Å². The van der Waals surface area contributed by atoms with Crippen molar-refractivity contribution in [2.24, 2.45) is 5.92 Å². The zero-order chi connectivity index (χ0) is 19.6. The topological polar surface area (TPSA) is 126 Å². The molecule has 0 aromatic carbocycles. The number of rotatable bonds is 9. The molecule has 25 heavy (non-hydrogen) atoms. The molecular formula is C17H28N2O6. The molecule has 0 saturated carbocycles. The van der Waals surface area contributed by atoms with Crippen LogP contribution in [0, 0.1) is 17.2 Å². The van der Waals surface area contributed by atoms with Gasteiger partial charge in [0.25, 0.3) is 0 Å². The molecular weight excluding hydrogens is 328 g/mol. The highest BCUT2D eigenvalue weighted by molar-refractivity contribution is 6.02. The number of amides is 1. The third kappa shape index (κ3) is 9.05. The Morgan fingerprint density at radius 3 is 2.28 bits per heavy atom. The Morgan fingerprint density at radius 1 is 1.24 bits per heavy atom. The van der Waals surface area contributed by atoms with Gasteiger partial charge in [-0.25, -0.2) is 4.79 Å². The molecule has 0 aliphatic heterocycles. The van der Waals surface area contributed by atoms with E-state index in [1.807, 2.05) is 6.07 Å². The van der Waals surface area contributed by atoms with Crippen molar-refractivity contribution in [3.63, 3.8) is 0 Å². The zero-order valence-corrected chi connectivity index (χ0v) is 15.5. The highest BCUT2D eigenvalue weighted by Crippen LogP contribution is 2.17. The molecule has 3 unspecified atom stereocenters. The number of ketones is 1. The van der Waals surface area contributed by atoms with Crippen LogP contribution in [0.4, 0.5) is 4.79 Å². The quantitative estimate of drug-likeness (QED) is 0.366. The van der Waals surface area contributed by atoms with Crippen molar-refractivity contribution < 1.29 is 29.0 Å². The van der Waals surface area contributed by atoms with Gasteiger partial charge in [0.1, 0.15) is 17.6 Å². The lowest BCUT2D eigenvalue weighted by molar-refractivity contribution is -0.151. The fourth-order valence-corrected chi connectivity index (χ4v) is 2.15. The van der Waals surface area contributed by atoms with E-state index in [4.69, 9.17) is 10.00 Å². The summed E-state index contributed by atoms with van der Waals surface area (Å²) in [6, 6.07) is 0.692. The number of nitrogens with zero attached hydrogens (tertiary/aromatic N) is 1. The molecule has 0 aromatic heterocycles. The lowest BCUT2D eigenvalue weighted by Crippen LogP contribution is -2.52. The van der Waals surface area contributed by atoms with Crippen LogP contribution in [0.15, 0.2) is 0 Å². The van der Waals surface area contributed by atoms with E-state index in [1.54, 1.807) is 20.8 Å². The van der Waals surface area contributed by atoms with Crippen LogP contribution in [0.2, 0.25) is 0 Å². The van der Waals surface area contributed by atoms with Crippen molar-refractivity contribution in [1.29, 1.82) is 5.26 Å². The second kappa shape index (κ2) is 10.7. The van der Waals surface area contributed by atoms with Gasteiger partial charge < -0.3 is 19.9 Å². The number of ether oxygens (including phenoxy) is 2. The maximum absolute atomic E-state index is 12.7. The summed E-state index contributed by atoms with van der Waals surface area (Å²) < 4.78 is 9.74. The Bertz CT molecular complexity index is 504. The average molecular weight is 356 g/mol. The number of hydrogen-bond donors (Lipinski definition) is 2. The maximum Gasteiger partial charge on any atom is 0.408 e. The Balaban J connectivity index is 5.12. The summed E-state index contributed by atoms with van der Waals surface area (Å²) >= 11 is 0. The normalized spacial score (nSPS) is 14.6. The number of unbranched alkanes of at least 4 members (excludes halogenated alkanes) is 2. The van der Waals surface area contributed by atoms with Crippen LogP contribution in [0.1, 0.15) is 53.4 Å². The van der Waals surface area contributed by atoms with E-state index < -0.39 is 41.5 Å². The number of Topliss-reactive ketones (excluding diaryl/α,β-unsaturated/α-hetero) is 1. The van der Waals surface area contributed by atoms with E-state index in [-0.39, 0.29) is 6.42 Å². The minimum absolute atomic E-state index is 0.173. The molecule has 8 nitrogen and oxygen atoms in total. The highest BCUT2D eigenvalue weighted by atomic mass is 16.6. The first kappa shape index (κ1) is 22.9. The Labute approximate surface area is 148 Å². The minimum Gasteiger partial charge on any atom is -0.468 e. The first-order chi connectivity index (χ1) is 11.5. The van der Waals surface area contributed by atoms with E-state index in [0.29, 0.717) is 19.3 Å². The lowest BCUT2D eigenvalue weighted by Gasteiger charge is -2.26. The molecule has 0 spiro atoms. The molecule has 0 saturated heterocycles. The third-order valence-electron chi connectivity index (χ3n) is 3.32. The van der Waals surface area contributed by atoms with Crippen LogP contribution in [-0.4, -0.2) is 47.8 Å². The van der Waals surface area contributed by atoms with Crippen molar-refractivity contribution in [2.45, 2.75) is 71.1 Å². The summed E-state index contributed by atoms with van der Waals surface area (Å²) in [5, 5.41) is 20.7. The van der Waals surface area contributed by atoms with Gasteiger partial charge in [-0.1, -0.05) is 6.42 Å². The molecule has 0 aliphatic carbocycles. The molecule has 0 radical (unpaired) electrons. The second-order valence-corrected chi connectivity index (χ2v) is 6.75. The Hall–Kier alpha value is -2.14. The monoisotopic (exact) mass is 356 g/mol. The molecule has 1 amide bonds. The van der Waals surface area contributed by atoms with Crippen molar-refractivity contribution in [3.8, 4) is 6.07 Å². The fraction of sp³-hybridized carbons (Fsp3) is 0.765. The van der Waals surface area contributed by atoms with E-state index >= 15 is 0 Å². The fourth-order valence-electron chi connectivity index (χ4n) is 2.15. The van der Waals surface area contributed by atoms with Gasteiger partial charge in [0, 0.05) is 6.42 Å². The summed E-state index contributed by atoms with van der Waals surface area (Å²) in [4.78, 5) is 36.5. The number of esters is 1. The number of nitriles is 1. The highest BCUT2D eigenvalue weighted by Gasteiger charge is 2.36. The average Bonchev–Trinajstić information content (AvgIpc) is 2.49. The number of hydrogen-bond acceptors (Lipinski definition) is 7. The first-order valence-electron chi connectivity index (χ1n) is 8.19. The van der Waals surface area contributed by atoms with Gasteiger partial charge in [-0.3, -0.25) is 9.59 Å². The number of carbonyl (C=O) groups excluding carboxylic acids is 3. The van der Waals surface area contributed by atoms with Crippen LogP contribution < -0.4 is 5.32 Å². The van der Waals surface area contributed by atoms with E-state index in [9.17, 15) is 19.5 Å². The van der Waals surface area contributed by atoms with Gasteiger partial charge in [0.15, 0.2) is 5.78 Å². The summed E-state index contributed by atoms with van der Waals surface area (Å²) in [7, 11) is 1.16. The summed E-state index contributed by atoms with van der Waals surface area (Å²) in [6.45, 7) is 6.33. The number of alkyl carbamates (subject to hydrolysis) is 1. The molecule has 2 N–H and O–H groups in total. The van der Waals surface area contributed by atoms with Crippen LogP contribution >= 0.6 is 0 Å². The van der Waals surface area contributed by atoms with Gasteiger partial charge in [0.2, 0.25) is 0 Å². The minimum atomic E-state index is -1.30. The number of methoxy groups -OCH3 is 1. The van der Waals surface area contributed by atoms with Crippen molar-refractivity contribution >= 4 is 17.8 Å². The lowest BCUT2D eigenvalue weighted by atomic mass is 9.90. The van der Waals surface area contributed by atoms with Crippen LogP contribution in [0.5, 0.6) is 0 Å². The van der Waals surface area contributed by atoms with Crippen LogP contribution in [-0.2, 0) is 19.1 Å². The Kier molecular flexibility index (Phi) is 9.76. The third-order valence-corrected chi connectivity index (χ3v) is 3.32. The van der Waals surface area contributed by atoms with E-state index in [2.05, 4.69) is 10.1 Å². The molecule has 0 fully saturated rings. The molecule has 142 valence electrons. The number of nitrogens with one attached hydrogen (secondary N) is 1. The van der Waals surface area contributed by atoms with Gasteiger partial charge >= 0.3 is 12.1 Å². The van der Waals surface area contributed by atoms with Gasteiger partial charge in [-0.05, 0) is 40.5 Å². The van der Waals surface area contributed by atoms with Crippen molar-refractivity contribution in [1.82, 2.24) is 5.32 Å². The van der Waals surface area contributed by atoms with Gasteiger partial charge in [-0.15, -0.1) is 0 Å². The predicted molar refractivity (Wildman–Crippen MR) is 89.4 cm³/mol. The van der Waals surface area contributed by atoms with Crippen LogP contribution in [0.3, 0.4) is 0 Å². The summed E-state index contributed by atoms with van der Waals surface area (Å²) in [6.07, 6.45) is -0.579. The van der Waals surface area contributed by atoms with Crippen LogP contribution in [0.25, 0.3) is 0 Å². The van der Waals surface area contributed by atoms with Gasteiger partial charge in [-0.2, -0.15) is 5.26 Å². The molecule has 0 heterocycles. The zero-order valence-electron chi connectivity index (χ0n) is 15.5. The SMILES string of the molecule is COC(=O)C(CCCCC#N)C(=O)C(NC(=O)OC(C)(C)C)C(C)O. The molecule has 0 bridgehead atoms. The molecule has 3 atom stereocenters. The summed E-state index contributed by atoms with van der Waals surface area (Å²) in [5.74, 6) is -2.51. The van der Waals surface area contributed by atoms with Crippen molar-refractivity contribution in [2.75, 3.05) is 7.11 Å². The van der Waals surface area contributed by atoms with Gasteiger partial charge in [0.05, 0.1) is 19.3 Å². The number of aliphatic hydroxyl groups is 1. The number of carbonyl (C=O) groups is 3. The van der Waals surface area contributed by atoms with E-state index in [0.717, 1.165) is 7.11 Å². The Morgan fingerprint density at radius 2 is 1.84 bits per heavy atom. The predicted octanol–water partition coefficient (Wildman–Crippen LogP) is 1.70. The largest absolute Gasteiger partial charge is 0.468 e. The summed E-state index contributed by atoms with van der Waals surface area (Å²) in [5.41, 5.74) is -0.768. The smallest absolute Gasteiger partial charge is 0.408 e. The molecule has 0 aliphatic rings. The first-order valence-corrected chi connectivity index (χ1v) is 8.19. The standard InChI is InChI=1S/C17H28N2O6/c1-11(20)13(19-16(23)25-17(2,3)4)14(21)12(15(22)24-5)9-7-6-8-10-18/h11-13,20H,6-9H2,1-5H3,(H,19,23). The molecule has 0 aromatic rings. The molecule has 0 rings (SSSR count). The number of aliphatic hydroxyl groups excluding tert-OH is 1. The second-order valence-electron chi connectivity index (χ2n) is 6.75.